The van der Waals surface area contributed by atoms with Gasteiger partial charge in [-0.15, -0.1) is 0 Å². The molecule has 17 heavy (non-hydrogen) atoms. The number of benzene rings is 1. The van der Waals surface area contributed by atoms with Gasteiger partial charge in [-0.1, -0.05) is 31.9 Å². The zero-order chi connectivity index (χ0) is 13.0. The summed E-state index contributed by atoms with van der Waals surface area (Å²) >= 11 is 6.00. The van der Waals surface area contributed by atoms with Gasteiger partial charge >= 0.3 is 5.97 Å². The normalized spacial score (nSPS) is 12.1. The van der Waals surface area contributed by atoms with Gasteiger partial charge in [-0.2, -0.15) is 0 Å². The van der Waals surface area contributed by atoms with E-state index in [-0.39, 0.29) is 12.2 Å². The number of halogens is 4. The van der Waals surface area contributed by atoms with E-state index < -0.39 is 22.4 Å². The molecule has 0 bridgehead atoms. The highest BCUT2D eigenvalue weighted by Crippen LogP contribution is 2.24. The van der Waals surface area contributed by atoms with Gasteiger partial charge in [-0.3, -0.25) is 4.79 Å². The van der Waals surface area contributed by atoms with Crippen molar-refractivity contribution in [3.8, 4) is 0 Å². The van der Waals surface area contributed by atoms with E-state index in [0.29, 0.717) is 4.47 Å². The lowest BCUT2D eigenvalue weighted by atomic mass is 10.3. The molecule has 1 aromatic rings. The van der Waals surface area contributed by atoms with Gasteiger partial charge in [-0.05, 0) is 12.1 Å². The summed E-state index contributed by atoms with van der Waals surface area (Å²) in [6.07, 6.45) is 0. The molecule has 1 unspecified atom stereocenters. The molecule has 94 valence electrons. The fraction of sp³-hybridized carbons (Fsp3) is 0.300. The fourth-order valence-electron chi connectivity index (χ4n) is 1.11. The molecule has 7 heteroatoms. The molecule has 0 radical (unpaired) electrons. The zero-order valence-electron chi connectivity index (χ0n) is 8.77. The first-order valence-corrected chi connectivity index (χ1v) is 6.27. The van der Waals surface area contributed by atoms with Crippen molar-refractivity contribution in [1.29, 1.82) is 0 Å². The zero-order valence-corrected chi connectivity index (χ0v) is 11.9. The van der Waals surface area contributed by atoms with Crippen molar-refractivity contribution in [3.63, 3.8) is 0 Å². The Morgan fingerprint density at radius 3 is 2.47 bits per heavy atom. The fourth-order valence-corrected chi connectivity index (χ4v) is 1.86. The second-order valence-corrected chi connectivity index (χ2v) is 5.14. The highest BCUT2D eigenvalue weighted by molar-refractivity contribution is 9.10. The van der Waals surface area contributed by atoms with Crippen molar-refractivity contribution < 1.29 is 18.3 Å². The summed E-state index contributed by atoms with van der Waals surface area (Å²) in [5, 5.41) is 2.50. The summed E-state index contributed by atoms with van der Waals surface area (Å²) in [6.45, 7) is 0.0160. The van der Waals surface area contributed by atoms with Crippen LogP contribution in [0.25, 0.3) is 0 Å². The van der Waals surface area contributed by atoms with Gasteiger partial charge in [0.1, 0.15) is 22.1 Å². The predicted molar refractivity (Wildman–Crippen MR) is 67.3 cm³/mol. The molecule has 3 nitrogen and oxygen atoms in total. The summed E-state index contributed by atoms with van der Waals surface area (Å²) < 4.78 is 31.5. The molecule has 0 spiro atoms. The Hall–Kier alpha value is -0.690. The number of carbonyl (C=O) groups excluding carboxylic acids is 1. The van der Waals surface area contributed by atoms with Crippen molar-refractivity contribution in [1.82, 2.24) is 0 Å². The van der Waals surface area contributed by atoms with E-state index in [9.17, 15) is 13.6 Å². The van der Waals surface area contributed by atoms with Crippen LogP contribution in [-0.2, 0) is 9.53 Å². The molecule has 0 aliphatic heterocycles. The van der Waals surface area contributed by atoms with Gasteiger partial charge in [0.15, 0.2) is 0 Å². The highest BCUT2D eigenvalue weighted by Gasteiger charge is 2.17. The monoisotopic (exact) mass is 371 g/mol. The van der Waals surface area contributed by atoms with E-state index in [2.05, 4.69) is 41.9 Å². The number of carbonyl (C=O) groups is 1. The molecule has 1 N–H and O–H groups in total. The molecule has 0 aliphatic rings. The van der Waals surface area contributed by atoms with E-state index >= 15 is 0 Å². The molecular weight excluding hydrogens is 364 g/mol. The molecule has 0 aliphatic carbocycles. The van der Waals surface area contributed by atoms with Crippen LogP contribution in [0.5, 0.6) is 0 Å². The standard InChI is InChI=1S/C10H9Br2F2NO2/c1-17-10(16)6(12)4-15-9-7(13)2-5(11)3-8(9)14/h2-3,6,15H,4H2,1H3. The summed E-state index contributed by atoms with van der Waals surface area (Å²) in [6, 6.07) is 2.26. The minimum absolute atomic E-state index is 0.0160. The lowest BCUT2D eigenvalue weighted by molar-refractivity contribution is -0.139. The van der Waals surface area contributed by atoms with Gasteiger partial charge in [-0.25, -0.2) is 8.78 Å². The quantitative estimate of drug-likeness (QED) is 0.652. The SMILES string of the molecule is COC(=O)C(Br)CNc1c(F)cc(Br)cc1F. The van der Waals surface area contributed by atoms with Crippen LogP contribution < -0.4 is 5.32 Å². The topological polar surface area (TPSA) is 38.3 Å². The highest BCUT2D eigenvalue weighted by atomic mass is 79.9. The van der Waals surface area contributed by atoms with Crippen molar-refractivity contribution in [3.05, 3.63) is 28.2 Å². The lowest BCUT2D eigenvalue weighted by Gasteiger charge is -2.12. The third kappa shape index (κ3) is 3.92. The Morgan fingerprint density at radius 2 is 2.00 bits per heavy atom. The van der Waals surface area contributed by atoms with E-state index in [4.69, 9.17) is 0 Å². The first-order valence-electron chi connectivity index (χ1n) is 4.56. The summed E-state index contributed by atoms with van der Waals surface area (Å²) in [7, 11) is 1.23. The molecule has 1 rings (SSSR count). The van der Waals surface area contributed by atoms with Crippen LogP contribution in [0.3, 0.4) is 0 Å². The smallest absolute Gasteiger partial charge is 0.321 e. The second kappa shape index (κ2) is 6.30. The number of esters is 1. The van der Waals surface area contributed by atoms with Crippen LogP contribution in [0.4, 0.5) is 14.5 Å². The number of nitrogens with one attached hydrogen (secondary N) is 1. The number of ether oxygens (including phenoxy) is 1. The van der Waals surface area contributed by atoms with Crippen LogP contribution in [0.2, 0.25) is 0 Å². The molecule has 0 aromatic heterocycles. The Kier molecular flexibility index (Phi) is 5.32. The molecular formula is C10H9Br2F2NO2. The van der Waals surface area contributed by atoms with E-state index in [0.717, 1.165) is 12.1 Å². The Labute approximate surface area is 114 Å². The van der Waals surface area contributed by atoms with Gasteiger partial charge < -0.3 is 10.1 Å². The van der Waals surface area contributed by atoms with Crippen LogP contribution in [0.1, 0.15) is 0 Å². The molecule has 0 saturated carbocycles. The first kappa shape index (κ1) is 14.4. The number of rotatable bonds is 4. The molecule has 0 saturated heterocycles. The van der Waals surface area contributed by atoms with Crippen LogP contribution in [0.15, 0.2) is 16.6 Å². The average molecular weight is 373 g/mol. The number of alkyl halides is 1. The van der Waals surface area contributed by atoms with Gasteiger partial charge in [0, 0.05) is 11.0 Å². The average Bonchev–Trinajstić information content (AvgIpc) is 2.26. The van der Waals surface area contributed by atoms with Crippen molar-refractivity contribution in [2.45, 2.75) is 4.83 Å². The van der Waals surface area contributed by atoms with Gasteiger partial charge in [0.25, 0.3) is 0 Å². The molecule has 0 heterocycles. The van der Waals surface area contributed by atoms with Crippen LogP contribution in [0, 0.1) is 11.6 Å². The minimum atomic E-state index is -0.735. The van der Waals surface area contributed by atoms with Crippen molar-refractivity contribution in [2.24, 2.45) is 0 Å². The van der Waals surface area contributed by atoms with E-state index in [1.54, 1.807) is 0 Å². The maximum atomic E-state index is 13.4. The maximum Gasteiger partial charge on any atom is 0.321 e. The largest absolute Gasteiger partial charge is 0.468 e. The van der Waals surface area contributed by atoms with E-state index in [1.807, 2.05) is 0 Å². The molecule has 0 fully saturated rings. The second-order valence-electron chi connectivity index (χ2n) is 3.12. The van der Waals surface area contributed by atoms with Crippen LogP contribution >= 0.6 is 31.9 Å². The molecule has 1 aromatic carbocycles. The summed E-state index contributed by atoms with van der Waals surface area (Å²) in [5.74, 6) is -1.99. The third-order valence-corrected chi connectivity index (χ3v) is 3.08. The third-order valence-electron chi connectivity index (χ3n) is 1.92. The van der Waals surface area contributed by atoms with Gasteiger partial charge in [0.2, 0.25) is 0 Å². The van der Waals surface area contributed by atoms with Crippen molar-refractivity contribution >= 4 is 43.5 Å². The van der Waals surface area contributed by atoms with Gasteiger partial charge in [0.05, 0.1) is 7.11 Å². The molecule has 1 atom stereocenters. The number of hydrogen-bond donors (Lipinski definition) is 1. The predicted octanol–water partition coefficient (Wildman–Crippen LogP) is 3.08. The minimum Gasteiger partial charge on any atom is -0.468 e. The van der Waals surface area contributed by atoms with Crippen LogP contribution in [-0.4, -0.2) is 24.5 Å². The number of methoxy groups -OCH3 is 1. The number of anilines is 1. The maximum absolute atomic E-state index is 13.4. The Morgan fingerprint density at radius 1 is 1.47 bits per heavy atom. The first-order chi connectivity index (χ1) is 7.95. The summed E-state index contributed by atoms with van der Waals surface area (Å²) in [4.78, 5) is 10.4. The lowest BCUT2D eigenvalue weighted by Crippen LogP contribution is -2.25. The number of hydrogen-bond acceptors (Lipinski definition) is 3. The van der Waals surface area contributed by atoms with Crippen molar-refractivity contribution in [2.75, 3.05) is 19.0 Å². The Balaban J connectivity index is 2.73. The van der Waals surface area contributed by atoms with E-state index in [1.165, 1.54) is 7.11 Å². The summed E-state index contributed by atoms with van der Waals surface area (Å²) in [5.41, 5.74) is -0.276. The molecule has 0 amide bonds. The Bertz CT molecular complexity index is 406.